The van der Waals surface area contributed by atoms with E-state index < -0.39 is 0 Å². The largest absolute Gasteiger partial charge is 0.398 e. The Morgan fingerprint density at radius 3 is 2.63 bits per heavy atom. The van der Waals surface area contributed by atoms with Gasteiger partial charge in [0.2, 0.25) is 0 Å². The molecule has 0 saturated heterocycles. The number of fused-ring (bicyclic) bond motifs is 1. The fraction of sp³-hybridized carbons (Fsp3) is 0.438. The molecule has 1 unspecified atom stereocenters. The van der Waals surface area contributed by atoms with E-state index >= 15 is 0 Å². The first kappa shape index (κ1) is 13.7. The molecule has 2 aromatic rings. The molecule has 3 heteroatoms. The van der Waals surface area contributed by atoms with Crippen LogP contribution >= 0.6 is 0 Å². The van der Waals surface area contributed by atoms with Gasteiger partial charge in [-0.1, -0.05) is 27.7 Å². The smallest absolute Gasteiger partial charge is 0.0422 e. The number of hydrogen-bond acceptors (Lipinski definition) is 3. The average molecular weight is 257 g/mol. The topological polar surface area (TPSA) is 50.9 Å². The molecule has 1 atom stereocenters. The van der Waals surface area contributed by atoms with Crippen molar-refractivity contribution in [3.8, 4) is 0 Å². The summed E-state index contributed by atoms with van der Waals surface area (Å²) in [4.78, 5) is 4.14. The molecule has 2 rings (SSSR count). The minimum absolute atomic E-state index is 0.304. The Bertz CT molecular complexity index is 570. The quantitative estimate of drug-likeness (QED) is 0.820. The van der Waals surface area contributed by atoms with E-state index in [2.05, 4.69) is 38.0 Å². The van der Waals surface area contributed by atoms with Crippen molar-refractivity contribution in [3.05, 3.63) is 30.6 Å². The van der Waals surface area contributed by atoms with Crippen LogP contribution in [0, 0.1) is 11.3 Å². The third-order valence-electron chi connectivity index (χ3n) is 3.93. The van der Waals surface area contributed by atoms with Crippen LogP contribution in [-0.2, 0) is 0 Å². The van der Waals surface area contributed by atoms with E-state index in [1.165, 1.54) is 0 Å². The van der Waals surface area contributed by atoms with Gasteiger partial charge >= 0.3 is 0 Å². The summed E-state index contributed by atoms with van der Waals surface area (Å²) in [6.45, 7) is 10.0. The zero-order chi connectivity index (χ0) is 14.0. The molecule has 0 aliphatic rings. The minimum atomic E-state index is 0.304. The molecule has 1 aromatic heterocycles. The van der Waals surface area contributed by atoms with Crippen molar-refractivity contribution in [3.63, 3.8) is 0 Å². The van der Waals surface area contributed by atoms with Gasteiger partial charge in [0.15, 0.2) is 0 Å². The molecule has 0 aliphatic carbocycles. The number of nitrogens with one attached hydrogen (secondary N) is 1. The van der Waals surface area contributed by atoms with Crippen LogP contribution in [0.3, 0.4) is 0 Å². The fourth-order valence-corrected chi connectivity index (χ4v) is 1.94. The number of nitrogen functional groups attached to an aromatic ring is 1. The van der Waals surface area contributed by atoms with Crippen LogP contribution in [-0.4, -0.2) is 11.5 Å². The summed E-state index contributed by atoms with van der Waals surface area (Å²) >= 11 is 0. The SMILES string of the molecule is CC(CNc1ccc(N)c2cnccc12)C(C)(C)C. The lowest BCUT2D eigenvalue weighted by Gasteiger charge is -2.28. The van der Waals surface area contributed by atoms with Gasteiger partial charge in [-0.3, -0.25) is 4.98 Å². The van der Waals surface area contributed by atoms with Crippen molar-refractivity contribution in [2.75, 3.05) is 17.6 Å². The molecule has 0 bridgehead atoms. The van der Waals surface area contributed by atoms with Gasteiger partial charge in [0.25, 0.3) is 0 Å². The third-order valence-corrected chi connectivity index (χ3v) is 3.93. The highest BCUT2D eigenvalue weighted by Gasteiger charge is 2.19. The van der Waals surface area contributed by atoms with Crippen molar-refractivity contribution in [1.29, 1.82) is 0 Å². The fourth-order valence-electron chi connectivity index (χ4n) is 1.94. The van der Waals surface area contributed by atoms with Crippen molar-refractivity contribution >= 4 is 22.1 Å². The van der Waals surface area contributed by atoms with Gasteiger partial charge in [-0.05, 0) is 29.5 Å². The molecule has 1 heterocycles. The predicted molar refractivity (Wildman–Crippen MR) is 83.3 cm³/mol. The van der Waals surface area contributed by atoms with E-state index in [-0.39, 0.29) is 0 Å². The van der Waals surface area contributed by atoms with Gasteiger partial charge in [-0.25, -0.2) is 0 Å². The average Bonchev–Trinajstić information content (AvgIpc) is 2.37. The van der Waals surface area contributed by atoms with E-state index in [1.807, 2.05) is 24.4 Å². The Balaban J connectivity index is 2.25. The highest BCUT2D eigenvalue weighted by atomic mass is 14.9. The van der Waals surface area contributed by atoms with Crippen molar-refractivity contribution in [2.45, 2.75) is 27.7 Å². The van der Waals surface area contributed by atoms with E-state index in [0.717, 1.165) is 28.7 Å². The summed E-state index contributed by atoms with van der Waals surface area (Å²) in [7, 11) is 0. The number of nitrogens with zero attached hydrogens (tertiary/aromatic N) is 1. The highest BCUT2D eigenvalue weighted by molar-refractivity contribution is 6.00. The van der Waals surface area contributed by atoms with Crippen LogP contribution < -0.4 is 11.1 Å². The van der Waals surface area contributed by atoms with Crippen LogP contribution in [0.1, 0.15) is 27.7 Å². The summed E-state index contributed by atoms with van der Waals surface area (Å²) < 4.78 is 0. The number of nitrogens with two attached hydrogens (primary N) is 1. The number of hydrogen-bond donors (Lipinski definition) is 2. The first-order chi connectivity index (χ1) is 8.89. The predicted octanol–water partition coefficient (Wildman–Crippen LogP) is 3.91. The Morgan fingerprint density at radius 2 is 1.95 bits per heavy atom. The molecule has 3 nitrogen and oxygen atoms in total. The third kappa shape index (κ3) is 2.98. The minimum Gasteiger partial charge on any atom is -0.398 e. The first-order valence-electron chi connectivity index (χ1n) is 6.75. The zero-order valence-electron chi connectivity index (χ0n) is 12.2. The standard InChI is InChI=1S/C16H23N3/c1-11(16(2,3)4)9-19-15-6-5-14(17)13-10-18-8-7-12(13)15/h5-8,10-11,19H,9,17H2,1-4H3. The van der Waals surface area contributed by atoms with Gasteiger partial charge in [0.05, 0.1) is 0 Å². The molecular formula is C16H23N3. The lowest BCUT2D eigenvalue weighted by molar-refractivity contribution is 0.274. The zero-order valence-corrected chi connectivity index (χ0v) is 12.2. The maximum absolute atomic E-state index is 5.98. The van der Waals surface area contributed by atoms with Gasteiger partial charge in [0, 0.05) is 41.1 Å². The van der Waals surface area contributed by atoms with Gasteiger partial charge < -0.3 is 11.1 Å². The summed E-state index contributed by atoms with van der Waals surface area (Å²) in [5.74, 6) is 0.585. The second-order valence-corrected chi connectivity index (χ2v) is 6.27. The second-order valence-electron chi connectivity index (χ2n) is 6.27. The van der Waals surface area contributed by atoms with Crippen molar-refractivity contribution in [2.24, 2.45) is 11.3 Å². The van der Waals surface area contributed by atoms with Gasteiger partial charge in [-0.2, -0.15) is 0 Å². The van der Waals surface area contributed by atoms with Gasteiger partial charge in [-0.15, -0.1) is 0 Å². The Labute approximate surface area is 115 Å². The molecule has 0 amide bonds. The van der Waals surface area contributed by atoms with Crippen LogP contribution in [0.25, 0.3) is 10.8 Å². The van der Waals surface area contributed by atoms with Crippen molar-refractivity contribution < 1.29 is 0 Å². The molecule has 1 aromatic carbocycles. The molecule has 0 radical (unpaired) electrons. The van der Waals surface area contributed by atoms with Gasteiger partial charge in [0.1, 0.15) is 0 Å². The molecule has 0 fully saturated rings. The lowest BCUT2D eigenvalue weighted by Crippen LogP contribution is -2.24. The first-order valence-corrected chi connectivity index (χ1v) is 6.75. The monoisotopic (exact) mass is 257 g/mol. The Morgan fingerprint density at radius 1 is 1.21 bits per heavy atom. The number of aromatic nitrogens is 1. The van der Waals surface area contributed by atoms with Crippen LogP contribution in [0.5, 0.6) is 0 Å². The maximum atomic E-state index is 5.98. The highest BCUT2D eigenvalue weighted by Crippen LogP contribution is 2.29. The van der Waals surface area contributed by atoms with E-state index in [1.54, 1.807) is 6.20 Å². The summed E-state index contributed by atoms with van der Waals surface area (Å²) in [5, 5.41) is 5.68. The number of benzene rings is 1. The maximum Gasteiger partial charge on any atom is 0.0422 e. The molecule has 0 aliphatic heterocycles. The summed E-state index contributed by atoms with van der Waals surface area (Å²) in [6.07, 6.45) is 3.63. The molecule has 102 valence electrons. The normalized spacial score (nSPS) is 13.5. The van der Waals surface area contributed by atoms with Crippen LogP contribution in [0.15, 0.2) is 30.6 Å². The molecule has 0 saturated carbocycles. The Hall–Kier alpha value is -1.77. The summed E-state index contributed by atoms with van der Waals surface area (Å²) in [5.41, 5.74) is 8.19. The van der Waals surface area contributed by atoms with E-state index in [9.17, 15) is 0 Å². The van der Waals surface area contributed by atoms with Crippen LogP contribution in [0.2, 0.25) is 0 Å². The van der Waals surface area contributed by atoms with E-state index in [0.29, 0.717) is 11.3 Å². The van der Waals surface area contributed by atoms with E-state index in [4.69, 9.17) is 5.73 Å². The lowest BCUT2D eigenvalue weighted by atomic mass is 9.82. The number of rotatable bonds is 3. The molecule has 19 heavy (non-hydrogen) atoms. The molecule has 0 spiro atoms. The summed E-state index contributed by atoms with van der Waals surface area (Å²) in [6, 6.07) is 6.00. The van der Waals surface area contributed by atoms with Crippen LogP contribution in [0.4, 0.5) is 11.4 Å². The molecule has 3 N–H and O–H groups in total. The molecular weight excluding hydrogens is 234 g/mol. The number of pyridine rings is 1. The Kier molecular flexibility index (Phi) is 3.65. The number of anilines is 2. The second kappa shape index (κ2) is 5.08. The van der Waals surface area contributed by atoms with Crippen molar-refractivity contribution in [1.82, 2.24) is 4.98 Å².